The third-order valence-corrected chi connectivity index (χ3v) is 4.89. The topological polar surface area (TPSA) is 88.8 Å². The first-order valence-electron chi connectivity index (χ1n) is 8.42. The summed E-state index contributed by atoms with van der Waals surface area (Å²) in [4.78, 5) is 5.62. The van der Waals surface area contributed by atoms with Gasteiger partial charge in [0.05, 0.1) is 0 Å². The number of aromatic nitrogens is 3. The van der Waals surface area contributed by atoms with Crippen molar-refractivity contribution < 1.29 is 4.74 Å². The summed E-state index contributed by atoms with van der Waals surface area (Å²) in [6.45, 7) is 1.95. The van der Waals surface area contributed by atoms with Crippen LogP contribution in [-0.4, -0.2) is 21.4 Å². The lowest BCUT2D eigenvalue weighted by Gasteiger charge is -2.12. The van der Waals surface area contributed by atoms with Gasteiger partial charge >= 0.3 is 0 Å². The molecule has 0 saturated carbocycles. The number of aryl methyl sites for hydroxylation is 1. The normalized spacial score (nSPS) is 10.9. The summed E-state index contributed by atoms with van der Waals surface area (Å²) in [7, 11) is 0. The lowest BCUT2D eigenvalue weighted by Crippen LogP contribution is -1.98. The van der Waals surface area contributed by atoms with Crippen LogP contribution in [0.25, 0.3) is 10.8 Å². The predicted molar refractivity (Wildman–Crippen MR) is 111 cm³/mol. The second-order valence-electron chi connectivity index (χ2n) is 6.10. The highest BCUT2D eigenvalue weighted by Crippen LogP contribution is 2.33. The van der Waals surface area contributed by atoms with Crippen LogP contribution in [0.3, 0.4) is 0 Å². The number of rotatable bonds is 5. The highest BCUT2D eigenvalue weighted by atomic mass is 32.2. The Morgan fingerprint density at radius 1 is 1.11 bits per heavy atom. The van der Waals surface area contributed by atoms with Crippen LogP contribution in [-0.2, 0) is 0 Å². The molecule has 2 aromatic heterocycles. The van der Waals surface area contributed by atoms with E-state index >= 15 is 0 Å². The Kier molecular flexibility index (Phi) is 4.60. The zero-order chi connectivity index (χ0) is 18.8. The number of anilines is 3. The molecular formula is C20H19N5OS. The Hall–Kier alpha value is -3.19. The van der Waals surface area contributed by atoms with Crippen molar-refractivity contribution in [2.45, 2.75) is 11.8 Å². The molecule has 6 nitrogen and oxygen atoms in total. The average Bonchev–Trinajstić information content (AvgIpc) is 3.08. The van der Waals surface area contributed by atoms with Crippen molar-refractivity contribution >= 4 is 39.9 Å². The van der Waals surface area contributed by atoms with E-state index in [1.807, 2.05) is 67.8 Å². The van der Waals surface area contributed by atoms with Gasteiger partial charge in [0.25, 0.3) is 0 Å². The number of nitrogens with one attached hydrogen (secondary N) is 2. The van der Waals surface area contributed by atoms with Gasteiger partial charge in [-0.05, 0) is 36.8 Å². The first-order valence-corrected chi connectivity index (χ1v) is 9.65. The molecule has 0 aliphatic heterocycles. The molecule has 4 N–H and O–H groups in total. The van der Waals surface area contributed by atoms with Gasteiger partial charge in [-0.25, -0.2) is 0 Å². The maximum Gasteiger partial charge on any atom is 0.221 e. The van der Waals surface area contributed by atoms with Gasteiger partial charge < -0.3 is 15.8 Å². The van der Waals surface area contributed by atoms with E-state index in [2.05, 4.69) is 20.5 Å². The van der Waals surface area contributed by atoms with E-state index in [0.717, 1.165) is 27.0 Å². The van der Waals surface area contributed by atoms with E-state index in [1.165, 1.54) is 0 Å². The van der Waals surface area contributed by atoms with Crippen LogP contribution in [0.1, 0.15) is 5.69 Å². The molecule has 136 valence electrons. The first-order chi connectivity index (χ1) is 13.1. The molecule has 0 amide bonds. The second kappa shape index (κ2) is 7.20. The molecule has 2 heterocycles. The minimum absolute atomic E-state index is 0.500. The number of nitrogen functional groups attached to an aromatic ring is 1. The van der Waals surface area contributed by atoms with Gasteiger partial charge in [-0.1, -0.05) is 24.3 Å². The quantitative estimate of drug-likeness (QED) is 0.331. The molecule has 4 rings (SSSR count). The third-order valence-electron chi connectivity index (χ3n) is 4.10. The van der Waals surface area contributed by atoms with Crippen molar-refractivity contribution in [3.8, 4) is 11.6 Å². The summed E-state index contributed by atoms with van der Waals surface area (Å²) < 4.78 is 6.02. The van der Waals surface area contributed by atoms with E-state index in [4.69, 9.17) is 10.5 Å². The Balaban J connectivity index is 1.73. The Bertz CT molecular complexity index is 1110. The molecule has 0 aliphatic rings. The van der Waals surface area contributed by atoms with Crippen LogP contribution < -0.4 is 15.8 Å². The molecule has 2 aromatic carbocycles. The van der Waals surface area contributed by atoms with E-state index in [1.54, 1.807) is 11.8 Å². The van der Waals surface area contributed by atoms with Crippen LogP contribution in [0, 0.1) is 6.92 Å². The summed E-state index contributed by atoms with van der Waals surface area (Å²) >= 11 is 1.58. The van der Waals surface area contributed by atoms with Gasteiger partial charge in [-0.2, -0.15) is 10.1 Å². The third kappa shape index (κ3) is 3.68. The summed E-state index contributed by atoms with van der Waals surface area (Å²) in [6, 6.07) is 17.5. The summed E-state index contributed by atoms with van der Waals surface area (Å²) in [5, 5.41) is 12.4. The molecule has 0 radical (unpaired) electrons. The maximum atomic E-state index is 6.02. The van der Waals surface area contributed by atoms with Gasteiger partial charge in [-0.15, -0.1) is 11.8 Å². The number of aromatic amines is 1. The fourth-order valence-electron chi connectivity index (χ4n) is 2.80. The minimum atomic E-state index is 0.500. The number of nitrogens with two attached hydrogens (primary N) is 1. The van der Waals surface area contributed by atoms with Crippen molar-refractivity contribution in [2.75, 3.05) is 17.3 Å². The molecule has 7 heteroatoms. The maximum absolute atomic E-state index is 6.02. The molecule has 0 fully saturated rings. The van der Waals surface area contributed by atoms with Crippen LogP contribution in [0.15, 0.2) is 59.5 Å². The summed E-state index contributed by atoms with van der Waals surface area (Å²) in [6.07, 6.45) is 1.98. The van der Waals surface area contributed by atoms with E-state index in [-0.39, 0.29) is 0 Å². The Labute approximate surface area is 161 Å². The highest BCUT2D eigenvalue weighted by molar-refractivity contribution is 7.98. The van der Waals surface area contributed by atoms with Crippen molar-refractivity contribution in [1.29, 1.82) is 0 Å². The minimum Gasteiger partial charge on any atom is -0.439 e. The summed E-state index contributed by atoms with van der Waals surface area (Å²) in [5.41, 5.74) is 7.67. The number of ether oxygens (including phenoxy) is 1. The fraction of sp³-hybridized carbons (Fsp3) is 0.100. The van der Waals surface area contributed by atoms with Gasteiger partial charge in [0, 0.05) is 33.8 Å². The zero-order valence-corrected chi connectivity index (χ0v) is 15.8. The fourth-order valence-corrected chi connectivity index (χ4v) is 3.34. The molecule has 0 bridgehead atoms. The van der Waals surface area contributed by atoms with E-state index < -0.39 is 0 Å². The zero-order valence-electron chi connectivity index (χ0n) is 15.0. The van der Waals surface area contributed by atoms with Gasteiger partial charge in [0.15, 0.2) is 5.82 Å². The van der Waals surface area contributed by atoms with Crippen LogP contribution >= 0.6 is 11.8 Å². The number of hydrogen-bond acceptors (Lipinski definition) is 6. The SMILES string of the molecule is CSc1cc(Oc2cc3ccccc3c(Nc3cc(C)[nH]n3)n2)ccc1N. The molecule has 0 atom stereocenters. The molecular weight excluding hydrogens is 358 g/mol. The van der Waals surface area contributed by atoms with Crippen LogP contribution in [0.5, 0.6) is 11.6 Å². The molecule has 0 unspecified atom stereocenters. The predicted octanol–water partition coefficient (Wildman–Crippen LogP) is 5.11. The second-order valence-corrected chi connectivity index (χ2v) is 6.95. The van der Waals surface area contributed by atoms with Gasteiger partial charge in [-0.3, -0.25) is 5.10 Å². The lowest BCUT2D eigenvalue weighted by molar-refractivity contribution is 0.463. The van der Waals surface area contributed by atoms with Crippen LogP contribution in [0.2, 0.25) is 0 Å². The lowest BCUT2D eigenvalue weighted by atomic mass is 10.1. The van der Waals surface area contributed by atoms with Crippen molar-refractivity contribution in [2.24, 2.45) is 0 Å². The standard InChI is InChI=1S/C20H19N5OS/c1-12-9-18(25-24-12)22-20-15-6-4-3-5-13(15)10-19(23-20)26-14-7-8-16(21)17(11-14)27-2/h3-11H,21H2,1-2H3,(H2,22,23,24,25). The number of fused-ring (bicyclic) bond motifs is 1. The number of thioether (sulfide) groups is 1. The molecule has 27 heavy (non-hydrogen) atoms. The number of benzene rings is 2. The molecule has 0 spiro atoms. The smallest absolute Gasteiger partial charge is 0.221 e. The number of pyridine rings is 1. The molecule has 0 aliphatic carbocycles. The van der Waals surface area contributed by atoms with Crippen molar-refractivity contribution in [3.63, 3.8) is 0 Å². The van der Waals surface area contributed by atoms with Gasteiger partial charge in [0.1, 0.15) is 11.6 Å². The number of H-pyrrole nitrogens is 1. The highest BCUT2D eigenvalue weighted by Gasteiger charge is 2.10. The van der Waals surface area contributed by atoms with Crippen LogP contribution in [0.4, 0.5) is 17.3 Å². The summed E-state index contributed by atoms with van der Waals surface area (Å²) in [5.74, 6) is 2.59. The molecule has 4 aromatic rings. The largest absolute Gasteiger partial charge is 0.439 e. The monoisotopic (exact) mass is 377 g/mol. The first kappa shape index (κ1) is 17.2. The van der Waals surface area contributed by atoms with E-state index in [0.29, 0.717) is 23.3 Å². The van der Waals surface area contributed by atoms with Crippen molar-refractivity contribution in [1.82, 2.24) is 15.2 Å². The average molecular weight is 377 g/mol. The molecule has 0 saturated heterocycles. The van der Waals surface area contributed by atoms with E-state index in [9.17, 15) is 0 Å². The Morgan fingerprint density at radius 2 is 1.96 bits per heavy atom. The van der Waals surface area contributed by atoms with Gasteiger partial charge in [0.2, 0.25) is 5.88 Å². The Morgan fingerprint density at radius 3 is 2.74 bits per heavy atom. The number of hydrogen-bond donors (Lipinski definition) is 3. The number of nitrogens with zero attached hydrogens (tertiary/aromatic N) is 2. The van der Waals surface area contributed by atoms with Crippen molar-refractivity contribution in [3.05, 3.63) is 60.3 Å².